The predicted molar refractivity (Wildman–Crippen MR) is 122 cm³/mol. The van der Waals surface area contributed by atoms with E-state index in [-0.39, 0.29) is 12.5 Å². The molecule has 32 heavy (non-hydrogen) atoms. The van der Waals surface area contributed by atoms with Crippen LogP contribution < -0.4 is 14.8 Å². The molecule has 162 valence electrons. The average Bonchev–Trinajstić information content (AvgIpc) is 3.29. The first-order chi connectivity index (χ1) is 15.5. The van der Waals surface area contributed by atoms with E-state index in [2.05, 4.69) is 15.5 Å². The van der Waals surface area contributed by atoms with Crippen LogP contribution in [0.3, 0.4) is 0 Å². The number of carbonyl (C=O) groups excluding carboxylic acids is 1. The molecule has 4 rings (SSSR count). The molecule has 0 fully saturated rings. The molecule has 0 saturated carbocycles. The molecular formula is C24H20ClN3O4. The first-order valence-electron chi connectivity index (χ1n) is 9.79. The maximum Gasteiger partial charge on any atom is 0.262 e. The number of halogens is 1. The maximum atomic E-state index is 12.2. The summed E-state index contributed by atoms with van der Waals surface area (Å²) in [5, 5.41) is 7.18. The van der Waals surface area contributed by atoms with Gasteiger partial charge in [-0.1, -0.05) is 46.6 Å². The Morgan fingerprint density at radius 1 is 1.03 bits per heavy atom. The average molecular weight is 450 g/mol. The summed E-state index contributed by atoms with van der Waals surface area (Å²) in [7, 11) is 1.53. The Balaban J connectivity index is 1.34. The van der Waals surface area contributed by atoms with Gasteiger partial charge in [-0.15, -0.1) is 0 Å². The molecule has 3 aromatic carbocycles. The Morgan fingerprint density at radius 2 is 1.75 bits per heavy atom. The number of anilines is 1. The molecule has 0 aliphatic rings. The van der Waals surface area contributed by atoms with Gasteiger partial charge < -0.3 is 19.3 Å². The second-order valence-electron chi connectivity index (χ2n) is 7.00. The zero-order valence-electron chi connectivity index (χ0n) is 17.5. The Morgan fingerprint density at radius 3 is 2.44 bits per heavy atom. The number of aryl methyl sites for hydroxylation is 1. The number of hydrogen-bond acceptors (Lipinski definition) is 6. The molecule has 1 aromatic heterocycles. The van der Waals surface area contributed by atoms with Crippen LogP contribution >= 0.6 is 11.6 Å². The van der Waals surface area contributed by atoms with E-state index in [0.717, 1.165) is 16.7 Å². The standard InChI is InChI=1S/C24H20ClN3O4/c1-15-3-5-16(6-4-15)23-27-24(32-28-23)17-7-10-19(11-8-17)31-14-22(29)26-18-9-12-21(30-2)20(25)13-18/h3-13H,14H2,1-2H3,(H,26,29). The van der Waals surface area contributed by atoms with Crippen molar-refractivity contribution in [2.75, 3.05) is 19.0 Å². The summed E-state index contributed by atoms with van der Waals surface area (Å²) in [6, 6.07) is 20.0. The van der Waals surface area contributed by atoms with Crippen LogP contribution in [0.15, 0.2) is 71.3 Å². The van der Waals surface area contributed by atoms with E-state index in [4.69, 9.17) is 25.6 Å². The van der Waals surface area contributed by atoms with Crippen LogP contribution in [0.1, 0.15) is 5.56 Å². The SMILES string of the molecule is COc1ccc(NC(=O)COc2ccc(-c3nc(-c4ccc(C)cc4)no3)cc2)cc1Cl. The monoisotopic (exact) mass is 449 g/mol. The number of ether oxygens (including phenoxy) is 2. The molecule has 0 unspecified atom stereocenters. The highest BCUT2D eigenvalue weighted by molar-refractivity contribution is 6.32. The fourth-order valence-corrected chi connectivity index (χ4v) is 3.20. The largest absolute Gasteiger partial charge is 0.495 e. The number of nitrogens with one attached hydrogen (secondary N) is 1. The molecule has 0 bridgehead atoms. The number of rotatable bonds is 7. The summed E-state index contributed by atoms with van der Waals surface area (Å²) in [6.45, 7) is 1.87. The minimum Gasteiger partial charge on any atom is -0.495 e. The molecule has 0 aliphatic heterocycles. The van der Waals surface area contributed by atoms with Gasteiger partial charge in [-0.05, 0) is 49.4 Å². The number of hydrogen-bond donors (Lipinski definition) is 1. The topological polar surface area (TPSA) is 86.5 Å². The lowest BCUT2D eigenvalue weighted by Crippen LogP contribution is -2.20. The number of methoxy groups -OCH3 is 1. The van der Waals surface area contributed by atoms with Crippen molar-refractivity contribution in [1.82, 2.24) is 10.1 Å². The van der Waals surface area contributed by atoms with Gasteiger partial charge in [0, 0.05) is 16.8 Å². The predicted octanol–water partition coefficient (Wildman–Crippen LogP) is 5.39. The number of carbonyl (C=O) groups is 1. The third-order valence-electron chi connectivity index (χ3n) is 4.64. The van der Waals surface area contributed by atoms with Gasteiger partial charge in [-0.25, -0.2) is 0 Å². The number of nitrogens with zero attached hydrogens (tertiary/aromatic N) is 2. The molecule has 1 heterocycles. The molecule has 1 N–H and O–H groups in total. The fraction of sp³-hybridized carbons (Fsp3) is 0.125. The van der Waals surface area contributed by atoms with E-state index in [1.807, 2.05) is 31.2 Å². The van der Waals surface area contributed by atoms with Crippen LogP contribution in [0.5, 0.6) is 11.5 Å². The van der Waals surface area contributed by atoms with Crippen molar-refractivity contribution >= 4 is 23.2 Å². The summed E-state index contributed by atoms with van der Waals surface area (Å²) < 4.78 is 16.0. The highest BCUT2D eigenvalue weighted by atomic mass is 35.5. The van der Waals surface area contributed by atoms with E-state index in [1.54, 1.807) is 42.5 Å². The van der Waals surface area contributed by atoms with Gasteiger partial charge in [-0.2, -0.15) is 4.98 Å². The lowest BCUT2D eigenvalue weighted by molar-refractivity contribution is -0.118. The lowest BCUT2D eigenvalue weighted by Gasteiger charge is -2.09. The number of aromatic nitrogens is 2. The van der Waals surface area contributed by atoms with Gasteiger partial charge in [-0.3, -0.25) is 4.79 Å². The van der Waals surface area contributed by atoms with Gasteiger partial charge in [0.25, 0.3) is 11.8 Å². The Hall–Kier alpha value is -3.84. The summed E-state index contributed by atoms with van der Waals surface area (Å²) in [4.78, 5) is 16.6. The normalized spacial score (nSPS) is 10.6. The molecule has 0 aliphatic carbocycles. The van der Waals surface area contributed by atoms with Gasteiger partial charge in [0.1, 0.15) is 11.5 Å². The van der Waals surface area contributed by atoms with E-state index in [9.17, 15) is 4.79 Å². The Labute approximate surface area is 189 Å². The highest BCUT2D eigenvalue weighted by Crippen LogP contribution is 2.27. The Bertz CT molecular complexity index is 1220. The summed E-state index contributed by atoms with van der Waals surface area (Å²) in [5.41, 5.74) is 3.35. The zero-order chi connectivity index (χ0) is 22.5. The van der Waals surface area contributed by atoms with Gasteiger partial charge in [0.05, 0.1) is 12.1 Å². The summed E-state index contributed by atoms with van der Waals surface area (Å²) in [5.74, 6) is 1.69. The van der Waals surface area contributed by atoms with Crippen LogP contribution in [-0.2, 0) is 4.79 Å². The molecule has 0 saturated heterocycles. The van der Waals surface area contributed by atoms with E-state index < -0.39 is 0 Å². The van der Waals surface area contributed by atoms with Gasteiger partial charge in [0.15, 0.2) is 6.61 Å². The van der Waals surface area contributed by atoms with Crippen molar-refractivity contribution in [3.8, 4) is 34.3 Å². The number of amides is 1. The molecule has 4 aromatic rings. The second kappa shape index (κ2) is 9.53. The minimum atomic E-state index is -0.310. The molecule has 0 radical (unpaired) electrons. The molecule has 7 nitrogen and oxygen atoms in total. The second-order valence-corrected chi connectivity index (χ2v) is 7.41. The third-order valence-corrected chi connectivity index (χ3v) is 4.94. The maximum absolute atomic E-state index is 12.2. The van der Waals surface area contributed by atoms with Crippen molar-refractivity contribution < 1.29 is 18.8 Å². The van der Waals surface area contributed by atoms with Crippen molar-refractivity contribution in [2.24, 2.45) is 0 Å². The fourth-order valence-electron chi connectivity index (χ4n) is 2.94. The van der Waals surface area contributed by atoms with E-state index in [1.165, 1.54) is 7.11 Å². The van der Waals surface area contributed by atoms with Crippen molar-refractivity contribution in [3.05, 3.63) is 77.3 Å². The molecule has 8 heteroatoms. The van der Waals surface area contributed by atoms with Crippen LogP contribution in [0.2, 0.25) is 5.02 Å². The van der Waals surface area contributed by atoms with E-state index in [0.29, 0.717) is 33.9 Å². The minimum absolute atomic E-state index is 0.152. The summed E-state index contributed by atoms with van der Waals surface area (Å²) >= 11 is 6.07. The highest BCUT2D eigenvalue weighted by Gasteiger charge is 2.11. The summed E-state index contributed by atoms with van der Waals surface area (Å²) in [6.07, 6.45) is 0. The van der Waals surface area contributed by atoms with Crippen molar-refractivity contribution in [1.29, 1.82) is 0 Å². The van der Waals surface area contributed by atoms with Crippen LogP contribution in [-0.4, -0.2) is 29.8 Å². The first-order valence-corrected chi connectivity index (χ1v) is 10.2. The third kappa shape index (κ3) is 5.07. The molecule has 1 amide bonds. The van der Waals surface area contributed by atoms with Crippen molar-refractivity contribution in [3.63, 3.8) is 0 Å². The van der Waals surface area contributed by atoms with Crippen LogP contribution in [0, 0.1) is 6.92 Å². The Kier molecular flexibility index (Phi) is 6.37. The lowest BCUT2D eigenvalue weighted by atomic mass is 10.1. The quantitative estimate of drug-likeness (QED) is 0.407. The van der Waals surface area contributed by atoms with Gasteiger partial charge >= 0.3 is 0 Å². The zero-order valence-corrected chi connectivity index (χ0v) is 18.2. The molecule has 0 atom stereocenters. The molecular weight excluding hydrogens is 430 g/mol. The van der Waals surface area contributed by atoms with Crippen LogP contribution in [0.4, 0.5) is 5.69 Å². The smallest absolute Gasteiger partial charge is 0.262 e. The van der Waals surface area contributed by atoms with Gasteiger partial charge in [0.2, 0.25) is 5.82 Å². The first kappa shape index (κ1) is 21.4. The number of benzene rings is 3. The van der Waals surface area contributed by atoms with Crippen molar-refractivity contribution in [2.45, 2.75) is 6.92 Å². The van der Waals surface area contributed by atoms with E-state index >= 15 is 0 Å². The molecule has 0 spiro atoms. The van der Waals surface area contributed by atoms with Crippen LogP contribution in [0.25, 0.3) is 22.8 Å².